The Kier molecular flexibility index (Phi) is 8.08. The van der Waals surface area contributed by atoms with E-state index in [1.54, 1.807) is 29.6 Å². The van der Waals surface area contributed by atoms with Gasteiger partial charge in [-0.05, 0) is 17.7 Å². The molecule has 0 saturated carbocycles. The van der Waals surface area contributed by atoms with Crippen LogP contribution in [0.3, 0.4) is 0 Å². The van der Waals surface area contributed by atoms with E-state index in [2.05, 4.69) is 5.10 Å². The van der Waals surface area contributed by atoms with Crippen LogP contribution < -0.4 is 15.4 Å². The van der Waals surface area contributed by atoms with Crippen molar-refractivity contribution in [3.8, 4) is 17.0 Å². The van der Waals surface area contributed by atoms with Gasteiger partial charge in [0.15, 0.2) is 6.61 Å². The molecule has 0 fully saturated rings. The van der Waals surface area contributed by atoms with Gasteiger partial charge < -0.3 is 14.8 Å². The predicted octanol–water partition coefficient (Wildman–Crippen LogP) is 3.15. The Labute approximate surface area is 197 Å². The normalized spacial score (nSPS) is 11.0. The van der Waals surface area contributed by atoms with Crippen molar-refractivity contribution in [2.45, 2.75) is 12.7 Å². The summed E-state index contributed by atoms with van der Waals surface area (Å²) in [7, 11) is 1.49. The molecule has 0 atom stereocenters. The van der Waals surface area contributed by atoms with Gasteiger partial charge in [0.1, 0.15) is 23.6 Å². The summed E-state index contributed by atoms with van der Waals surface area (Å²) < 4.78 is 48.2. The molecule has 3 aromatic rings. The molecular weight excluding hydrogens is 469 g/mol. The molecule has 0 aliphatic heterocycles. The molecule has 2 N–H and O–H groups in total. The first-order valence-electron chi connectivity index (χ1n) is 10.2. The smallest absolute Gasteiger partial charge is 0.405 e. The first-order chi connectivity index (χ1) is 16.6. The molecule has 3 amide bonds. The van der Waals surface area contributed by atoms with E-state index in [1.807, 2.05) is 30.3 Å². The Hall–Kier alpha value is -4.35. The molecule has 3 rings (SSSR count). The maximum absolute atomic E-state index is 12.8. The largest absolute Gasteiger partial charge is 0.497 e. The first-order valence-corrected chi connectivity index (χ1v) is 10.2. The first kappa shape index (κ1) is 25.3. The highest BCUT2D eigenvalue weighted by Crippen LogP contribution is 2.26. The molecule has 0 bridgehead atoms. The molecule has 9 nitrogen and oxygen atoms in total. The van der Waals surface area contributed by atoms with Crippen LogP contribution in [-0.2, 0) is 16.1 Å². The zero-order valence-electron chi connectivity index (χ0n) is 18.5. The van der Waals surface area contributed by atoms with E-state index < -0.39 is 37.2 Å². The number of esters is 1. The summed E-state index contributed by atoms with van der Waals surface area (Å²) in [5, 5.41) is 7.62. The van der Waals surface area contributed by atoms with Gasteiger partial charge in [0.2, 0.25) is 0 Å². The van der Waals surface area contributed by atoms with E-state index in [9.17, 15) is 27.6 Å². The molecule has 35 heavy (non-hydrogen) atoms. The summed E-state index contributed by atoms with van der Waals surface area (Å²) >= 11 is 0. The van der Waals surface area contributed by atoms with Crippen LogP contribution in [0, 0.1) is 0 Å². The number of nitrogens with one attached hydrogen (secondary N) is 2. The zero-order valence-corrected chi connectivity index (χ0v) is 18.5. The van der Waals surface area contributed by atoms with Crippen LogP contribution in [0.25, 0.3) is 11.3 Å². The number of nitrogens with zero attached hydrogens (tertiary/aromatic N) is 2. The molecule has 0 unspecified atom stereocenters. The molecule has 0 saturated heterocycles. The van der Waals surface area contributed by atoms with Gasteiger partial charge in [-0.15, -0.1) is 0 Å². The molecule has 0 radical (unpaired) electrons. The van der Waals surface area contributed by atoms with Crippen LogP contribution in [0.15, 0.2) is 60.8 Å². The van der Waals surface area contributed by atoms with E-state index in [0.29, 0.717) is 17.9 Å². The third-order valence-electron chi connectivity index (χ3n) is 4.55. The number of ether oxygens (including phenoxy) is 2. The maximum atomic E-state index is 12.8. The summed E-state index contributed by atoms with van der Waals surface area (Å²) in [5.74, 6) is -1.48. The van der Waals surface area contributed by atoms with E-state index >= 15 is 0 Å². The minimum Gasteiger partial charge on any atom is -0.497 e. The monoisotopic (exact) mass is 490 g/mol. The summed E-state index contributed by atoms with van der Waals surface area (Å²) in [6.07, 6.45) is -3.18. The highest BCUT2D eigenvalue weighted by molar-refractivity contribution is 5.99. The van der Waals surface area contributed by atoms with Gasteiger partial charge in [0, 0.05) is 11.8 Å². The quantitative estimate of drug-likeness (QED) is 0.470. The van der Waals surface area contributed by atoms with Gasteiger partial charge >= 0.3 is 18.2 Å². The highest BCUT2D eigenvalue weighted by atomic mass is 19.4. The lowest BCUT2D eigenvalue weighted by molar-refractivity contribution is -0.125. The molecule has 0 aliphatic carbocycles. The number of rotatable bonds is 8. The minimum atomic E-state index is -4.64. The van der Waals surface area contributed by atoms with Crippen LogP contribution in [0.4, 0.5) is 18.0 Å². The number of hydrogen-bond donors (Lipinski definition) is 2. The number of benzene rings is 2. The van der Waals surface area contributed by atoms with E-state index in [0.717, 1.165) is 5.56 Å². The van der Waals surface area contributed by atoms with Crippen molar-refractivity contribution < 1.29 is 37.0 Å². The number of carbonyl (C=O) groups is 3. The molecule has 0 aliphatic rings. The Morgan fingerprint density at radius 3 is 2.49 bits per heavy atom. The van der Waals surface area contributed by atoms with Crippen molar-refractivity contribution in [2.24, 2.45) is 0 Å². The molecule has 0 spiro atoms. The van der Waals surface area contributed by atoms with Crippen molar-refractivity contribution in [2.75, 3.05) is 20.3 Å². The van der Waals surface area contributed by atoms with Crippen LogP contribution >= 0.6 is 0 Å². The second-order valence-electron chi connectivity index (χ2n) is 7.23. The Morgan fingerprint density at radius 1 is 1.06 bits per heavy atom. The fourth-order valence-electron chi connectivity index (χ4n) is 3.00. The van der Waals surface area contributed by atoms with Gasteiger partial charge in [-0.25, -0.2) is 9.59 Å². The number of amides is 3. The Balaban J connectivity index is 1.74. The van der Waals surface area contributed by atoms with Gasteiger partial charge in [-0.1, -0.05) is 42.5 Å². The molecule has 184 valence electrons. The lowest BCUT2D eigenvalue weighted by Crippen LogP contribution is -2.44. The van der Waals surface area contributed by atoms with E-state index in [-0.39, 0.29) is 11.3 Å². The number of carbonyl (C=O) groups excluding carboxylic acids is 3. The van der Waals surface area contributed by atoms with Crippen LogP contribution in [0.2, 0.25) is 0 Å². The van der Waals surface area contributed by atoms with Crippen molar-refractivity contribution in [1.29, 1.82) is 0 Å². The average Bonchev–Trinajstić information content (AvgIpc) is 3.25. The number of aromatic nitrogens is 2. The average molecular weight is 490 g/mol. The van der Waals surface area contributed by atoms with Crippen molar-refractivity contribution in [1.82, 2.24) is 20.4 Å². The predicted molar refractivity (Wildman–Crippen MR) is 118 cm³/mol. The van der Waals surface area contributed by atoms with Crippen molar-refractivity contribution in [3.05, 3.63) is 71.9 Å². The van der Waals surface area contributed by atoms with Gasteiger partial charge in [0.05, 0.1) is 13.7 Å². The number of urea groups is 1. The molecule has 1 heterocycles. The minimum absolute atomic E-state index is 0.0449. The van der Waals surface area contributed by atoms with Gasteiger partial charge in [0.25, 0.3) is 5.91 Å². The highest BCUT2D eigenvalue weighted by Gasteiger charge is 2.28. The topological polar surface area (TPSA) is 112 Å². The summed E-state index contributed by atoms with van der Waals surface area (Å²) in [6.45, 7) is -2.15. The van der Waals surface area contributed by atoms with Crippen LogP contribution in [0.5, 0.6) is 5.75 Å². The summed E-state index contributed by atoms with van der Waals surface area (Å²) in [5.41, 5.74) is 1.80. The second-order valence-corrected chi connectivity index (χ2v) is 7.23. The number of methoxy groups -OCH3 is 1. The fourth-order valence-corrected chi connectivity index (χ4v) is 3.00. The maximum Gasteiger partial charge on any atom is 0.405 e. The van der Waals surface area contributed by atoms with Crippen molar-refractivity contribution in [3.63, 3.8) is 0 Å². The number of imide groups is 1. The van der Waals surface area contributed by atoms with Crippen LogP contribution in [0.1, 0.15) is 15.9 Å². The third kappa shape index (κ3) is 7.59. The summed E-state index contributed by atoms with van der Waals surface area (Å²) in [4.78, 5) is 36.0. The number of halogens is 3. The van der Waals surface area contributed by atoms with Gasteiger partial charge in [-0.2, -0.15) is 18.3 Å². The molecule has 1 aromatic heterocycles. The van der Waals surface area contributed by atoms with Crippen LogP contribution in [-0.4, -0.2) is 54.1 Å². The number of alkyl halides is 3. The molecule has 12 heteroatoms. The Bertz CT molecular complexity index is 1200. The lowest BCUT2D eigenvalue weighted by Gasteiger charge is -2.09. The van der Waals surface area contributed by atoms with E-state index in [1.165, 1.54) is 23.3 Å². The zero-order chi connectivity index (χ0) is 25.4. The molecular formula is C23H21F3N4O5. The SMILES string of the molecule is COc1cccc(-c2nn(Cc3ccccc3)cc2C(=O)OCC(=O)NC(=O)NCC(F)(F)F)c1. The Morgan fingerprint density at radius 2 is 1.80 bits per heavy atom. The number of hydrogen-bond acceptors (Lipinski definition) is 6. The lowest BCUT2D eigenvalue weighted by atomic mass is 10.1. The van der Waals surface area contributed by atoms with Crippen molar-refractivity contribution >= 4 is 17.9 Å². The molecule has 2 aromatic carbocycles. The third-order valence-corrected chi connectivity index (χ3v) is 4.55. The van der Waals surface area contributed by atoms with E-state index in [4.69, 9.17) is 9.47 Å². The fraction of sp³-hybridized carbons (Fsp3) is 0.217. The van der Waals surface area contributed by atoms with Gasteiger partial charge in [-0.3, -0.25) is 14.8 Å². The standard InChI is InChI=1S/C23H21F3N4O5/c1-34-17-9-5-8-16(10-17)20-18(12-30(29-20)11-15-6-3-2-4-7-15)21(32)35-13-19(31)28-22(33)27-14-23(24,25)26/h2-10,12H,11,13-14H2,1H3,(H2,27,28,31,33). The summed E-state index contributed by atoms with van der Waals surface area (Å²) in [6, 6.07) is 14.8. The second kappa shape index (κ2) is 11.2.